The van der Waals surface area contributed by atoms with E-state index < -0.39 is 10.0 Å². The highest BCUT2D eigenvalue weighted by molar-refractivity contribution is 7.89. The van der Waals surface area contributed by atoms with Gasteiger partial charge in [-0.05, 0) is 44.6 Å². The summed E-state index contributed by atoms with van der Waals surface area (Å²) in [6.07, 6.45) is 2.30. The Balaban J connectivity index is 2.89. The van der Waals surface area contributed by atoms with Crippen molar-refractivity contribution < 1.29 is 13.5 Å². The van der Waals surface area contributed by atoms with Crippen LogP contribution < -0.4 is 4.72 Å². The molecule has 1 aromatic heterocycles. The second-order valence-corrected chi connectivity index (χ2v) is 8.48. The van der Waals surface area contributed by atoms with Crippen LogP contribution in [0.25, 0.3) is 0 Å². The summed E-state index contributed by atoms with van der Waals surface area (Å²) >= 11 is 1.49. The lowest BCUT2D eigenvalue weighted by molar-refractivity contribution is 0.170. The Morgan fingerprint density at radius 3 is 2.30 bits per heavy atom. The van der Waals surface area contributed by atoms with Crippen molar-refractivity contribution in [3.8, 4) is 0 Å². The molecule has 2 N–H and O–H groups in total. The number of nitrogens with one attached hydrogen (secondary N) is 1. The van der Waals surface area contributed by atoms with Crippen LogP contribution in [0.3, 0.4) is 0 Å². The zero-order valence-electron chi connectivity index (χ0n) is 12.7. The molecule has 6 heteroatoms. The van der Waals surface area contributed by atoms with Gasteiger partial charge in [0.2, 0.25) is 10.0 Å². The average molecular weight is 319 g/mol. The molecule has 0 bridgehead atoms. The minimum absolute atomic E-state index is 0.0833. The first-order valence-corrected chi connectivity index (χ1v) is 9.28. The zero-order valence-corrected chi connectivity index (χ0v) is 14.3. The third-order valence-electron chi connectivity index (χ3n) is 4.06. The van der Waals surface area contributed by atoms with Crippen molar-refractivity contribution in [1.82, 2.24) is 4.72 Å². The van der Waals surface area contributed by atoms with Crippen molar-refractivity contribution >= 4 is 21.4 Å². The summed E-state index contributed by atoms with van der Waals surface area (Å²) in [5, 5.41) is 9.18. The molecule has 0 spiro atoms. The fourth-order valence-corrected chi connectivity index (χ4v) is 5.09. The minimum Gasteiger partial charge on any atom is -0.396 e. The lowest BCUT2D eigenvalue weighted by atomic mass is 9.80. The molecule has 0 aliphatic rings. The van der Waals surface area contributed by atoms with Crippen LogP contribution in [0.1, 0.15) is 42.9 Å². The van der Waals surface area contributed by atoms with Gasteiger partial charge in [-0.15, -0.1) is 11.3 Å². The quantitative estimate of drug-likeness (QED) is 0.774. The number of thiophene rings is 1. The first-order chi connectivity index (χ1) is 9.30. The molecule has 20 heavy (non-hydrogen) atoms. The molecule has 1 heterocycles. The molecule has 1 rings (SSSR count). The van der Waals surface area contributed by atoms with Crippen molar-refractivity contribution in [3.05, 3.63) is 15.8 Å². The van der Waals surface area contributed by atoms with Gasteiger partial charge in [0.05, 0.1) is 4.90 Å². The SMILES string of the molecule is CCC(CC)(CCO)CNS(=O)(=O)c1cc(C)sc1C. The standard InChI is InChI=1S/C14H25NO3S2/c1-5-14(6-2,7-8-16)10-15-20(17,18)13-9-11(3)19-12(13)4/h9,15-16H,5-8,10H2,1-4H3. The van der Waals surface area contributed by atoms with E-state index in [0.29, 0.717) is 17.9 Å². The van der Waals surface area contributed by atoms with E-state index in [9.17, 15) is 13.5 Å². The molecule has 0 aromatic carbocycles. The van der Waals surface area contributed by atoms with E-state index in [1.54, 1.807) is 6.07 Å². The summed E-state index contributed by atoms with van der Waals surface area (Å²) in [6.45, 7) is 8.26. The predicted molar refractivity (Wildman–Crippen MR) is 83.7 cm³/mol. The van der Waals surface area contributed by atoms with Gasteiger partial charge in [-0.2, -0.15) is 0 Å². The van der Waals surface area contributed by atoms with Gasteiger partial charge in [-0.25, -0.2) is 13.1 Å². The smallest absolute Gasteiger partial charge is 0.241 e. The van der Waals surface area contributed by atoms with Crippen LogP contribution in [0, 0.1) is 19.3 Å². The molecule has 0 amide bonds. The number of hydrogen-bond donors (Lipinski definition) is 2. The summed E-state index contributed by atoms with van der Waals surface area (Å²) in [6, 6.07) is 1.72. The molecule has 0 unspecified atom stereocenters. The zero-order chi connectivity index (χ0) is 15.4. The molecule has 4 nitrogen and oxygen atoms in total. The Bertz CT molecular complexity index is 531. The van der Waals surface area contributed by atoms with Crippen molar-refractivity contribution in [1.29, 1.82) is 0 Å². The van der Waals surface area contributed by atoms with Crippen LogP contribution in [-0.2, 0) is 10.0 Å². The largest absolute Gasteiger partial charge is 0.396 e. The Morgan fingerprint density at radius 2 is 1.90 bits per heavy atom. The van der Waals surface area contributed by atoms with Crippen LogP contribution >= 0.6 is 11.3 Å². The maximum atomic E-state index is 12.4. The third-order valence-corrected chi connectivity index (χ3v) is 6.69. The van der Waals surface area contributed by atoms with Gasteiger partial charge in [0.25, 0.3) is 0 Å². The average Bonchev–Trinajstić information content (AvgIpc) is 2.75. The van der Waals surface area contributed by atoms with Crippen molar-refractivity contribution in [2.45, 2.75) is 51.9 Å². The molecule has 0 radical (unpaired) electrons. The van der Waals surface area contributed by atoms with Crippen LogP contribution in [-0.4, -0.2) is 26.7 Å². The normalized spacial score (nSPS) is 12.8. The Morgan fingerprint density at radius 1 is 1.30 bits per heavy atom. The fraction of sp³-hybridized carbons (Fsp3) is 0.714. The first kappa shape index (κ1) is 17.6. The van der Waals surface area contributed by atoms with Crippen LogP contribution in [0.2, 0.25) is 0 Å². The van der Waals surface area contributed by atoms with E-state index in [0.717, 1.165) is 22.6 Å². The van der Waals surface area contributed by atoms with Crippen molar-refractivity contribution in [2.24, 2.45) is 5.41 Å². The number of hydrogen-bond acceptors (Lipinski definition) is 4. The molecule has 116 valence electrons. The number of aryl methyl sites for hydroxylation is 2. The Hall–Kier alpha value is -0.430. The predicted octanol–water partition coefficient (Wildman–Crippen LogP) is 2.83. The molecule has 0 fully saturated rings. The summed E-state index contributed by atoms with van der Waals surface area (Å²) in [4.78, 5) is 2.19. The molecule has 1 aromatic rings. The van der Waals surface area contributed by atoms with Gasteiger partial charge in [-0.1, -0.05) is 13.8 Å². The second kappa shape index (κ2) is 7.02. The Kier molecular flexibility index (Phi) is 6.19. The van der Waals surface area contributed by atoms with Crippen LogP contribution in [0.4, 0.5) is 0 Å². The first-order valence-electron chi connectivity index (χ1n) is 6.98. The van der Waals surface area contributed by atoms with E-state index >= 15 is 0 Å². The molecule has 0 atom stereocenters. The van der Waals surface area contributed by atoms with Gasteiger partial charge in [0, 0.05) is 22.9 Å². The third kappa shape index (κ3) is 4.04. The van der Waals surface area contributed by atoms with Crippen LogP contribution in [0.5, 0.6) is 0 Å². The van der Waals surface area contributed by atoms with Gasteiger partial charge in [0.1, 0.15) is 0 Å². The van der Waals surface area contributed by atoms with E-state index in [4.69, 9.17) is 0 Å². The Labute approximate surface area is 126 Å². The molecule has 0 aliphatic carbocycles. The van der Waals surface area contributed by atoms with E-state index in [2.05, 4.69) is 4.72 Å². The fourth-order valence-electron chi connectivity index (χ4n) is 2.38. The topological polar surface area (TPSA) is 66.4 Å². The summed E-state index contributed by atoms with van der Waals surface area (Å²) in [7, 11) is -3.46. The monoisotopic (exact) mass is 319 g/mol. The summed E-state index contributed by atoms with van der Waals surface area (Å²) in [5.41, 5.74) is -0.166. The number of aliphatic hydroxyl groups excluding tert-OH is 1. The molecular formula is C14H25NO3S2. The molecular weight excluding hydrogens is 294 g/mol. The van der Waals surface area contributed by atoms with E-state index in [-0.39, 0.29) is 12.0 Å². The van der Waals surface area contributed by atoms with Crippen LogP contribution in [0.15, 0.2) is 11.0 Å². The lowest BCUT2D eigenvalue weighted by Gasteiger charge is -2.31. The molecule has 0 saturated heterocycles. The number of rotatable bonds is 8. The highest BCUT2D eigenvalue weighted by Crippen LogP contribution is 2.31. The van der Waals surface area contributed by atoms with Gasteiger partial charge >= 0.3 is 0 Å². The van der Waals surface area contributed by atoms with Gasteiger partial charge < -0.3 is 5.11 Å². The van der Waals surface area contributed by atoms with E-state index in [1.807, 2.05) is 27.7 Å². The summed E-state index contributed by atoms with van der Waals surface area (Å²) in [5.74, 6) is 0. The lowest BCUT2D eigenvalue weighted by Crippen LogP contribution is -2.37. The number of sulfonamides is 1. The minimum atomic E-state index is -3.46. The van der Waals surface area contributed by atoms with Gasteiger partial charge in [-0.3, -0.25) is 0 Å². The molecule has 0 aliphatic heterocycles. The maximum Gasteiger partial charge on any atom is 0.241 e. The number of aliphatic hydroxyl groups is 1. The second-order valence-electron chi connectivity index (χ2n) is 5.28. The van der Waals surface area contributed by atoms with E-state index in [1.165, 1.54) is 11.3 Å². The summed E-state index contributed by atoms with van der Waals surface area (Å²) < 4.78 is 27.5. The van der Waals surface area contributed by atoms with Gasteiger partial charge in [0.15, 0.2) is 0 Å². The maximum absolute atomic E-state index is 12.4. The highest BCUT2D eigenvalue weighted by Gasteiger charge is 2.28. The molecule has 0 saturated carbocycles. The van der Waals surface area contributed by atoms with Crippen molar-refractivity contribution in [2.75, 3.05) is 13.2 Å². The van der Waals surface area contributed by atoms with Crippen molar-refractivity contribution in [3.63, 3.8) is 0 Å². The highest BCUT2D eigenvalue weighted by atomic mass is 32.2.